The van der Waals surface area contributed by atoms with Crippen molar-refractivity contribution in [1.82, 2.24) is 9.97 Å². The van der Waals surface area contributed by atoms with E-state index in [0.717, 1.165) is 17.1 Å². The Morgan fingerprint density at radius 1 is 0.758 bits per heavy atom. The molecule has 1 heterocycles. The number of anilines is 6. The number of hydrogen-bond acceptors (Lipinski definition) is 5. The van der Waals surface area contributed by atoms with Gasteiger partial charge in [-0.25, -0.2) is 9.78 Å². The van der Waals surface area contributed by atoms with Gasteiger partial charge in [-0.2, -0.15) is 4.98 Å². The van der Waals surface area contributed by atoms with Gasteiger partial charge in [-0.15, -0.1) is 0 Å². The second-order valence-corrected chi connectivity index (χ2v) is 7.88. The molecule has 0 atom stereocenters. The van der Waals surface area contributed by atoms with Gasteiger partial charge in [0.2, 0.25) is 5.95 Å². The van der Waals surface area contributed by atoms with E-state index in [4.69, 9.17) is 11.6 Å². The summed E-state index contributed by atoms with van der Waals surface area (Å²) >= 11 is 6.08. The molecule has 0 spiro atoms. The van der Waals surface area contributed by atoms with Crippen LogP contribution in [0.2, 0.25) is 5.02 Å². The number of amides is 2. The molecule has 7 nitrogen and oxygen atoms in total. The van der Waals surface area contributed by atoms with E-state index in [9.17, 15) is 4.79 Å². The zero-order valence-electron chi connectivity index (χ0n) is 18.2. The first-order chi connectivity index (χ1) is 15.9. The smallest absolute Gasteiger partial charge is 0.323 e. The minimum absolute atomic E-state index is 0.377. The van der Waals surface area contributed by atoms with Gasteiger partial charge in [-0.05, 0) is 62.4 Å². The Labute approximate surface area is 197 Å². The normalized spacial score (nSPS) is 10.4. The first kappa shape index (κ1) is 22.1. The fourth-order valence-electron chi connectivity index (χ4n) is 3.09. The maximum absolute atomic E-state index is 12.2. The first-order valence-corrected chi connectivity index (χ1v) is 10.7. The summed E-state index contributed by atoms with van der Waals surface area (Å²) in [6.45, 7) is 3.96. The summed E-state index contributed by atoms with van der Waals surface area (Å²) in [7, 11) is 0. The predicted molar refractivity (Wildman–Crippen MR) is 135 cm³/mol. The monoisotopic (exact) mass is 458 g/mol. The van der Waals surface area contributed by atoms with Gasteiger partial charge in [-0.3, -0.25) is 0 Å². The van der Waals surface area contributed by atoms with Crippen LogP contribution in [-0.4, -0.2) is 16.0 Å². The minimum Gasteiger partial charge on any atom is -0.340 e. The van der Waals surface area contributed by atoms with Crippen molar-refractivity contribution in [2.75, 3.05) is 21.3 Å². The Bertz CT molecular complexity index is 1260. The third-order valence-electron chi connectivity index (χ3n) is 4.70. The van der Waals surface area contributed by atoms with E-state index in [1.54, 1.807) is 36.4 Å². The molecule has 33 heavy (non-hydrogen) atoms. The lowest BCUT2D eigenvalue weighted by Gasteiger charge is -2.11. The van der Waals surface area contributed by atoms with E-state index in [2.05, 4.69) is 31.2 Å². The molecule has 0 aliphatic rings. The van der Waals surface area contributed by atoms with Gasteiger partial charge >= 0.3 is 6.03 Å². The van der Waals surface area contributed by atoms with Gasteiger partial charge in [0.05, 0.1) is 10.7 Å². The van der Waals surface area contributed by atoms with Crippen LogP contribution in [0.1, 0.15) is 11.3 Å². The van der Waals surface area contributed by atoms with Crippen molar-refractivity contribution in [3.05, 3.63) is 95.1 Å². The lowest BCUT2D eigenvalue weighted by atomic mass is 10.2. The Hall–Kier alpha value is -4.10. The number of aryl methyl sites for hydroxylation is 2. The molecule has 0 aliphatic carbocycles. The second kappa shape index (κ2) is 10.0. The van der Waals surface area contributed by atoms with Gasteiger partial charge < -0.3 is 21.3 Å². The third-order valence-corrected chi connectivity index (χ3v) is 5.03. The number of para-hydroxylation sites is 1. The van der Waals surface area contributed by atoms with Crippen molar-refractivity contribution in [2.24, 2.45) is 0 Å². The molecular formula is C25H23ClN6O. The summed E-state index contributed by atoms with van der Waals surface area (Å²) in [6, 6.07) is 23.9. The van der Waals surface area contributed by atoms with E-state index in [1.807, 2.05) is 56.3 Å². The molecule has 4 N–H and O–H groups in total. The molecule has 4 aromatic rings. The van der Waals surface area contributed by atoms with Crippen LogP contribution in [0.5, 0.6) is 0 Å². The number of aromatic nitrogens is 2. The summed E-state index contributed by atoms with van der Waals surface area (Å²) in [5.41, 5.74) is 4.95. The maximum Gasteiger partial charge on any atom is 0.323 e. The standard InChI is InChI=1S/C25H23ClN6O/c1-16-7-9-18(10-8-16)28-23-15-17(2)27-24(32-23)29-19-11-13-20(14-12-19)30-25(33)31-22-6-4-3-5-21(22)26/h3-15H,1-2H3,(H2,30,31,33)(H2,27,28,29,32). The topological polar surface area (TPSA) is 91.0 Å². The van der Waals surface area contributed by atoms with Crippen LogP contribution in [0, 0.1) is 13.8 Å². The molecule has 0 bridgehead atoms. The van der Waals surface area contributed by atoms with Crippen LogP contribution in [0.15, 0.2) is 78.9 Å². The highest BCUT2D eigenvalue weighted by atomic mass is 35.5. The number of hydrogen-bond donors (Lipinski definition) is 4. The van der Waals surface area contributed by atoms with Crippen LogP contribution >= 0.6 is 11.6 Å². The van der Waals surface area contributed by atoms with Crippen molar-refractivity contribution < 1.29 is 4.79 Å². The predicted octanol–water partition coefficient (Wildman–Crippen LogP) is 6.88. The summed E-state index contributed by atoms with van der Waals surface area (Å²) in [6.07, 6.45) is 0. The SMILES string of the molecule is Cc1ccc(Nc2cc(C)nc(Nc3ccc(NC(=O)Nc4ccccc4Cl)cc3)n2)cc1. The van der Waals surface area contributed by atoms with Crippen LogP contribution in [0.25, 0.3) is 0 Å². The third kappa shape index (κ3) is 6.21. The first-order valence-electron chi connectivity index (χ1n) is 10.3. The lowest BCUT2D eigenvalue weighted by molar-refractivity contribution is 0.262. The van der Waals surface area contributed by atoms with Gasteiger partial charge in [0, 0.05) is 28.8 Å². The number of halogens is 1. The minimum atomic E-state index is -0.377. The average Bonchev–Trinajstić information content (AvgIpc) is 2.78. The summed E-state index contributed by atoms with van der Waals surface area (Å²) in [5, 5.41) is 12.5. The van der Waals surface area contributed by atoms with Gasteiger partial charge in [0.1, 0.15) is 5.82 Å². The number of urea groups is 1. The largest absolute Gasteiger partial charge is 0.340 e. The van der Waals surface area contributed by atoms with Gasteiger partial charge in [-0.1, -0.05) is 41.4 Å². The van der Waals surface area contributed by atoms with E-state index < -0.39 is 0 Å². The van der Waals surface area contributed by atoms with Crippen LogP contribution in [0.3, 0.4) is 0 Å². The zero-order chi connectivity index (χ0) is 23.2. The molecule has 4 rings (SSSR count). The summed E-state index contributed by atoms with van der Waals surface area (Å²) < 4.78 is 0. The van der Waals surface area contributed by atoms with Crippen molar-refractivity contribution in [1.29, 1.82) is 0 Å². The van der Waals surface area contributed by atoms with E-state index in [0.29, 0.717) is 28.2 Å². The Morgan fingerprint density at radius 2 is 1.39 bits per heavy atom. The van der Waals surface area contributed by atoms with E-state index in [1.165, 1.54) is 5.56 Å². The molecule has 0 saturated heterocycles. The van der Waals surface area contributed by atoms with Crippen LogP contribution in [0.4, 0.5) is 39.3 Å². The molecule has 0 radical (unpaired) electrons. The average molecular weight is 459 g/mol. The molecule has 1 aromatic heterocycles. The Kier molecular flexibility index (Phi) is 6.71. The number of nitrogens with zero attached hydrogens (tertiary/aromatic N) is 2. The highest BCUT2D eigenvalue weighted by Gasteiger charge is 2.07. The fraction of sp³-hybridized carbons (Fsp3) is 0.0800. The van der Waals surface area contributed by atoms with Crippen molar-refractivity contribution in [3.8, 4) is 0 Å². The van der Waals surface area contributed by atoms with E-state index in [-0.39, 0.29) is 6.03 Å². The number of benzene rings is 3. The number of nitrogens with one attached hydrogen (secondary N) is 4. The van der Waals surface area contributed by atoms with Crippen molar-refractivity contribution in [2.45, 2.75) is 13.8 Å². The van der Waals surface area contributed by atoms with Gasteiger partial charge in [0.15, 0.2) is 0 Å². The van der Waals surface area contributed by atoms with Crippen LogP contribution in [-0.2, 0) is 0 Å². The summed E-state index contributed by atoms with van der Waals surface area (Å²) in [4.78, 5) is 21.2. The van der Waals surface area contributed by atoms with Gasteiger partial charge in [0.25, 0.3) is 0 Å². The van der Waals surface area contributed by atoms with Crippen LogP contribution < -0.4 is 21.3 Å². The maximum atomic E-state index is 12.2. The lowest BCUT2D eigenvalue weighted by Crippen LogP contribution is -2.19. The molecule has 8 heteroatoms. The molecule has 2 amide bonds. The Morgan fingerprint density at radius 3 is 2.12 bits per heavy atom. The van der Waals surface area contributed by atoms with Crippen molar-refractivity contribution >= 4 is 52.1 Å². The Balaban J connectivity index is 1.39. The molecule has 3 aromatic carbocycles. The van der Waals surface area contributed by atoms with Crippen molar-refractivity contribution in [3.63, 3.8) is 0 Å². The fourth-order valence-corrected chi connectivity index (χ4v) is 3.27. The molecule has 0 saturated carbocycles. The zero-order valence-corrected chi connectivity index (χ0v) is 18.9. The second-order valence-electron chi connectivity index (χ2n) is 7.47. The number of carbonyl (C=O) groups excluding carboxylic acids is 1. The molecule has 0 unspecified atom stereocenters. The highest BCUT2D eigenvalue weighted by Crippen LogP contribution is 2.22. The quantitative estimate of drug-likeness (QED) is 0.253. The number of carbonyl (C=O) groups is 1. The molecule has 166 valence electrons. The summed E-state index contributed by atoms with van der Waals surface area (Å²) in [5.74, 6) is 1.17. The van der Waals surface area contributed by atoms with E-state index >= 15 is 0 Å². The molecule has 0 aliphatic heterocycles. The highest BCUT2D eigenvalue weighted by molar-refractivity contribution is 6.33. The molecular weight excluding hydrogens is 436 g/mol. The molecule has 0 fully saturated rings. The number of rotatable bonds is 6.